The fraction of sp³-hybridized carbons (Fsp3) is 0.412. The summed E-state index contributed by atoms with van der Waals surface area (Å²) in [5, 5.41) is 0. The molecule has 0 saturated carbocycles. The predicted octanol–water partition coefficient (Wildman–Crippen LogP) is 4.77. The van der Waals surface area contributed by atoms with Crippen molar-refractivity contribution in [3.05, 3.63) is 47.6 Å². The minimum Gasteiger partial charge on any atom is -0.483 e. The summed E-state index contributed by atoms with van der Waals surface area (Å²) in [4.78, 5) is 0. The number of benzene rings is 1. The van der Waals surface area contributed by atoms with Gasteiger partial charge in [0.1, 0.15) is 11.4 Å². The molecule has 0 bridgehead atoms. The Balaban J connectivity index is 2.76. The van der Waals surface area contributed by atoms with Crippen LogP contribution in [0.5, 0.6) is 5.75 Å². The normalized spacial score (nSPS) is 17.1. The molecule has 1 aliphatic rings. The van der Waals surface area contributed by atoms with Gasteiger partial charge in [0, 0.05) is 5.56 Å². The first-order valence-corrected chi connectivity index (χ1v) is 6.72. The largest absolute Gasteiger partial charge is 0.483 e. The Morgan fingerprint density at radius 3 is 2.50 bits per heavy atom. The third-order valence-corrected chi connectivity index (χ3v) is 3.69. The molecule has 0 atom stereocenters. The molecular formula is C17H22O. The molecule has 0 unspecified atom stereocenters. The number of rotatable bonds is 3. The molecule has 0 radical (unpaired) electrons. The fourth-order valence-electron chi connectivity index (χ4n) is 2.86. The van der Waals surface area contributed by atoms with E-state index in [9.17, 15) is 0 Å². The second-order valence-corrected chi connectivity index (χ2v) is 5.21. The molecule has 0 N–H and O–H groups in total. The lowest BCUT2D eigenvalue weighted by Gasteiger charge is -2.36. The topological polar surface area (TPSA) is 9.23 Å². The Labute approximate surface area is 110 Å². The van der Waals surface area contributed by atoms with Crippen LogP contribution in [0, 0.1) is 0 Å². The lowest BCUT2D eigenvalue weighted by molar-refractivity contribution is 0.148. The van der Waals surface area contributed by atoms with Crippen molar-refractivity contribution in [3.8, 4) is 5.75 Å². The summed E-state index contributed by atoms with van der Waals surface area (Å²) in [6.07, 6.45) is 3.99. The van der Waals surface area contributed by atoms with Gasteiger partial charge in [-0.2, -0.15) is 0 Å². The van der Waals surface area contributed by atoms with Crippen molar-refractivity contribution >= 4 is 5.57 Å². The molecule has 1 heterocycles. The van der Waals surface area contributed by atoms with Crippen molar-refractivity contribution in [1.82, 2.24) is 0 Å². The van der Waals surface area contributed by atoms with E-state index in [-0.39, 0.29) is 5.60 Å². The third kappa shape index (κ3) is 1.88. The first-order chi connectivity index (χ1) is 8.55. The highest BCUT2D eigenvalue weighted by atomic mass is 16.5. The van der Waals surface area contributed by atoms with Gasteiger partial charge in [-0.3, -0.25) is 0 Å². The van der Waals surface area contributed by atoms with Crippen LogP contribution in [0.25, 0.3) is 5.57 Å². The van der Waals surface area contributed by atoms with Gasteiger partial charge in [-0.05, 0) is 49.5 Å². The van der Waals surface area contributed by atoms with Crippen LogP contribution in [0.15, 0.2) is 36.4 Å². The molecule has 0 saturated heterocycles. The second kappa shape index (κ2) is 4.64. The van der Waals surface area contributed by atoms with Crippen LogP contribution in [0.2, 0.25) is 0 Å². The minimum atomic E-state index is -0.285. The summed E-state index contributed by atoms with van der Waals surface area (Å²) >= 11 is 0. The molecule has 1 aromatic carbocycles. The Morgan fingerprint density at radius 1 is 1.22 bits per heavy atom. The van der Waals surface area contributed by atoms with Gasteiger partial charge >= 0.3 is 0 Å². The minimum absolute atomic E-state index is 0.285. The van der Waals surface area contributed by atoms with Gasteiger partial charge < -0.3 is 4.74 Å². The zero-order valence-electron chi connectivity index (χ0n) is 11.8. The number of allylic oxidation sites excluding steroid dienone is 1. The standard InChI is InChI=1S/C17H22O/c1-6-12-10-9-11-15-16(12)13(7-2)14(8-3)17(4,5)18-15/h8-11H,3,6-7H2,1-2,4-5H3. The molecule has 1 aromatic rings. The van der Waals surface area contributed by atoms with E-state index in [1.54, 1.807) is 0 Å². The van der Waals surface area contributed by atoms with E-state index >= 15 is 0 Å². The average Bonchev–Trinajstić information content (AvgIpc) is 2.34. The highest BCUT2D eigenvalue weighted by Gasteiger charge is 2.33. The van der Waals surface area contributed by atoms with Crippen molar-refractivity contribution < 1.29 is 4.74 Å². The summed E-state index contributed by atoms with van der Waals surface area (Å²) in [6.45, 7) is 12.6. The van der Waals surface area contributed by atoms with Crippen LogP contribution < -0.4 is 4.74 Å². The van der Waals surface area contributed by atoms with E-state index in [0.717, 1.165) is 18.6 Å². The van der Waals surface area contributed by atoms with Crippen molar-refractivity contribution in [1.29, 1.82) is 0 Å². The van der Waals surface area contributed by atoms with Gasteiger partial charge in [-0.1, -0.05) is 38.6 Å². The highest BCUT2D eigenvalue weighted by Crippen LogP contribution is 2.44. The van der Waals surface area contributed by atoms with Crippen molar-refractivity contribution in [2.45, 2.75) is 46.1 Å². The zero-order chi connectivity index (χ0) is 13.3. The van der Waals surface area contributed by atoms with Crippen LogP contribution in [0.4, 0.5) is 0 Å². The van der Waals surface area contributed by atoms with Gasteiger partial charge in [0.2, 0.25) is 0 Å². The lowest BCUT2D eigenvalue weighted by Crippen LogP contribution is -2.34. The van der Waals surface area contributed by atoms with Crippen molar-refractivity contribution in [3.63, 3.8) is 0 Å². The molecule has 0 aliphatic carbocycles. The van der Waals surface area contributed by atoms with E-state index < -0.39 is 0 Å². The molecule has 96 valence electrons. The molecule has 1 nitrogen and oxygen atoms in total. The molecule has 0 aromatic heterocycles. The number of hydrogen-bond acceptors (Lipinski definition) is 1. The number of ether oxygens (including phenoxy) is 1. The quantitative estimate of drug-likeness (QED) is 0.742. The summed E-state index contributed by atoms with van der Waals surface area (Å²) < 4.78 is 6.17. The van der Waals surface area contributed by atoms with Gasteiger partial charge in [-0.15, -0.1) is 0 Å². The summed E-state index contributed by atoms with van der Waals surface area (Å²) in [5.41, 5.74) is 4.97. The van der Waals surface area contributed by atoms with Crippen LogP contribution in [0.3, 0.4) is 0 Å². The summed E-state index contributed by atoms with van der Waals surface area (Å²) in [6, 6.07) is 6.35. The summed E-state index contributed by atoms with van der Waals surface area (Å²) in [5.74, 6) is 1.02. The van der Waals surface area contributed by atoms with E-state index in [0.29, 0.717) is 0 Å². The Hall–Kier alpha value is -1.50. The fourth-order valence-corrected chi connectivity index (χ4v) is 2.86. The zero-order valence-corrected chi connectivity index (χ0v) is 11.8. The average molecular weight is 242 g/mol. The van der Waals surface area contributed by atoms with E-state index in [1.807, 2.05) is 6.08 Å². The van der Waals surface area contributed by atoms with Crippen LogP contribution in [-0.2, 0) is 6.42 Å². The predicted molar refractivity (Wildman–Crippen MR) is 77.9 cm³/mol. The van der Waals surface area contributed by atoms with Gasteiger partial charge in [0.15, 0.2) is 0 Å². The van der Waals surface area contributed by atoms with Gasteiger partial charge in [0.05, 0.1) is 0 Å². The number of aryl methyl sites for hydroxylation is 1. The molecule has 2 rings (SSSR count). The Morgan fingerprint density at radius 2 is 1.94 bits per heavy atom. The summed E-state index contributed by atoms with van der Waals surface area (Å²) in [7, 11) is 0. The number of fused-ring (bicyclic) bond motifs is 1. The van der Waals surface area contributed by atoms with Crippen molar-refractivity contribution in [2.24, 2.45) is 0 Å². The monoisotopic (exact) mass is 242 g/mol. The third-order valence-electron chi connectivity index (χ3n) is 3.69. The van der Waals surface area contributed by atoms with E-state index in [1.165, 1.54) is 22.3 Å². The maximum Gasteiger partial charge on any atom is 0.129 e. The number of hydrogen-bond donors (Lipinski definition) is 0. The highest BCUT2D eigenvalue weighted by molar-refractivity contribution is 5.80. The maximum absolute atomic E-state index is 6.17. The molecule has 1 heteroatoms. The molecule has 0 amide bonds. The molecule has 0 fully saturated rings. The van der Waals surface area contributed by atoms with Gasteiger partial charge in [0.25, 0.3) is 0 Å². The molecule has 0 spiro atoms. The molecule has 18 heavy (non-hydrogen) atoms. The smallest absolute Gasteiger partial charge is 0.129 e. The maximum atomic E-state index is 6.17. The van der Waals surface area contributed by atoms with Crippen LogP contribution >= 0.6 is 0 Å². The first kappa shape index (κ1) is 12.9. The Kier molecular flexibility index (Phi) is 3.34. The van der Waals surface area contributed by atoms with E-state index in [4.69, 9.17) is 4.74 Å². The van der Waals surface area contributed by atoms with Gasteiger partial charge in [-0.25, -0.2) is 0 Å². The Bertz CT molecular complexity index is 506. The second-order valence-electron chi connectivity index (χ2n) is 5.21. The molecule has 1 aliphatic heterocycles. The van der Waals surface area contributed by atoms with Crippen molar-refractivity contribution in [2.75, 3.05) is 0 Å². The molecular weight excluding hydrogens is 220 g/mol. The lowest BCUT2D eigenvalue weighted by atomic mass is 9.82. The van der Waals surface area contributed by atoms with Crippen LogP contribution in [0.1, 0.15) is 45.2 Å². The SMILES string of the molecule is C=CC1=C(CC)c2c(CC)cccc2OC1(C)C. The van der Waals surface area contributed by atoms with Crippen LogP contribution in [-0.4, -0.2) is 5.60 Å². The first-order valence-electron chi connectivity index (χ1n) is 6.72. The van der Waals surface area contributed by atoms with E-state index in [2.05, 4.69) is 52.5 Å².